The summed E-state index contributed by atoms with van der Waals surface area (Å²) < 4.78 is 2.79. The first-order chi connectivity index (χ1) is 35.3. The Labute approximate surface area is 424 Å². The molecule has 0 unspecified atom stereocenters. The summed E-state index contributed by atoms with van der Waals surface area (Å²) in [6.07, 6.45) is 17.1. The first-order valence-electron chi connectivity index (χ1n) is 28.2. The van der Waals surface area contributed by atoms with E-state index in [1.54, 1.807) is 11.1 Å². The molecule has 72 heavy (non-hydrogen) atoms. The largest absolute Gasteiger partial charge is 0.376 e. The third-order valence-electron chi connectivity index (χ3n) is 21.8. The van der Waals surface area contributed by atoms with Gasteiger partial charge in [-0.05, 0) is 244 Å². The summed E-state index contributed by atoms with van der Waals surface area (Å²) >= 11 is 0. The van der Waals surface area contributed by atoms with Gasteiger partial charge in [0.25, 0.3) is 0 Å². The van der Waals surface area contributed by atoms with E-state index in [2.05, 4.69) is 175 Å². The average molecular weight is 929 g/mol. The Morgan fingerprint density at radius 3 is 1.78 bits per heavy atom. The van der Waals surface area contributed by atoms with Crippen LogP contribution in [0.1, 0.15) is 113 Å². The Morgan fingerprint density at radius 2 is 1.07 bits per heavy atom. The molecular formula is C69H61BN2. The van der Waals surface area contributed by atoms with Crippen LogP contribution < -0.4 is 15.7 Å². The Morgan fingerprint density at radius 1 is 0.458 bits per heavy atom. The Kier molecular flexibility index (Phi) is 7.62. The average Bonchev–Trinajstić information content (AvgIpc) is 3.84. The highest BCUT2D eigenvalue weighted by molar-refractivity contribution is 6.94. The molecule has 1 aromatic heterocycles. The predicted molar refractivity (Wildman–Crippen MR) is 300 cm³/mol. The number of hydrogen-bond acceptors (Lipinski definition) is 1. The lowest BCUT2D eigenvalue weighted by Crippen LogP contribution is -2.61. The van der Waals surface area contributed by atoms with E-state index in [4.69, 9.17) is 0 Å². The van der Waals surface area contributed by atoms with Gasteiger partial charge < -0.3 is 9.38 Å². The number of benzene rings is 8. The number of fused-ring (bicyclic) bond motifs is 12. The lowest BCUT2D eigenvalue weighted by Gasteiger charge is -2.57. The second kappa shape index (κ2) is 13.6. The third kappa shape index (κ3) is 5.14. The van der Waals surface area contributed by atoms with Crippen molar-refractivity contribution in [1.82, 2.24) is 4.57 Å². The van der Waals surface area contributed by atoms with Gasteiger partial charge in [0.1, 0.15) is 0 Å². The smallest absolute Gasteiger partial charge is 0.333 e. The summed E-state index contributed by atoms with van der Waals surface area (Å²) in [7, 11) is 0. The van der Waals surface area contributed by atoms with Crippen molar-refractivity contribution >= 4 is 61.7 Å². The van der Waals surface area contributed by atoms with Crippen LogP contribution in [0.15, 0.2) is 152 Å². The van der Waals surface area contributed by atoms with E-state index in [0.717, 1.165) is 35.5 Å². The molecule has 20 rings (SSSR count). The maximum atomic E-state index is 2.84. The standard InChI is InChI=1S/C69H61BN2/c1-67(2)58-15-9-8-14-53(58)54-32-57-62(33-59(54)67)72(51-19-16-47(17-20-51)46-10-4-3-5-11-46)70-60-31-50(69-37-43-25-44(38-69)27-45(26-43)39-69)30-56-55-29-49(68-34-40-22-41(35-68)24-42(23-40)36-68)18-21-61(55)71(66(56)60)63-28-48-12-6-7-13-52(48)64(57)65(63)70/h3-21,28-33,40-45H,22-27,34-39H2,1-2H3. The molecule has 8 fully saturated rings. The molecule has 350 valence electrons. The highest BCUT2D eigenvalue weighted by Gasteiger charge is 2.55. The molecule has 0 atom stereocenters. The summed E-state index contributed by atoms with van der Waals surface area (Å²) in [6, 6.07) is 60.8. The molecule has 8 bridgehead atoms. The molecule has 2 aliphatic heterocycles. The van der Waals surface area contributed by atoms with E-state index in [1.807, 2.05) is 0 Å². The Hall–Kier alpha value is -6.32. The summed E-state index contributed by atoms with van der Waals surface area (Å²) in [4.78, 5) is 2.84. The van der Waals surface area contributed by atoms with Gasteiger partial charge in [0.15, 0.2) is 0 Å². The van der Waals surface area contributed by atoms with E-state index in [-0.39, 0.29) is 17.7 Å². The van der Waals surface area contributed by atoms with E-state index in [1.165, 1.54) is 182 Å². The van der Waals surface area contributed by atoms with Gasteiger partial charge in [0.2, 0.25) is 0 Å². The molecule has 3 heteroatoms. The van der Waals surface area contributed by atoms with E-state index < -0.39 is 0 Å². The highest BCUT2D eigenvalue weighted by Crippen LogP contribution is 2.63. The second-order valence-corrected chi connectivity index (χ2v) is 26.1. The first kappa shape index (κ1) is 40.2. The quantitative estimate of drug-likeness (QED) is 0.160. The van der Waals surface area contributed by atoms with Crippen molar-refractivity contribution in [3.8, 4) is 39.1 Å². The minimum absolute atomic E-state index is 0.0181. The molecule has 0 radical (unpaired) electrons. The summed E-state index contributed by atoms with van der Waals surface area (Å²) in [5.74, 6) is 5.38. The van der Waals surface area contributed by atoms with Crippen molar-refractivity contribution in [3.05, 3.63) is 174 Å². The second-order valence-electron chi connectivity index (χ2n) is 26.1. The van der Waals surface area contributed by atoms with Gasteiger partial charge in [0, 0.05) is 38.8 Å². The van der Waals surface area contributed by atoms with Gasteiger partial charge in [-0.1, -0.05) is 117 Å². The first-order valence-corrected chi connectivity index (χ1v) is 28.2. The molecule has 0 N–H and O–H groups in total. The Bertz CT molecular complexity index is 3800. The van der Waals surface area contributed by atoms with Crippen molar-refractivity contribution in [1.29, 1.82) is 0 Å². The van der Waals surface area contributed by atoms with Crippen LogP contribution in [0.4, 0.5) is 11.4 Å². The monoisotopic (exact) mass is 928 g/mol. The van der Waals surface area contributed by atoms with Crippen LogP contribution in [0.25, 0.3) is 71.6 Å². The van der Waals surface area contributed by atoms with Gasteiger partial charge >= 0.3 is 6.85 Å². The van der Waals surface area contributed by atoms with Gasteiger partial charge in [0.05, 0.1) is 11.0 Å². The maximum Gasteiger partial charge on any atom is 0.333 e. The Balaban J connectivity index is 0.964. The van der Waals surface area contributed by atoms with E-state index in [9.17, 15) is 0 Å². The molecule has 8 aromatic carbocycles. The van der Waals surface area contributed by atoms with Crippen molar-refractivity contribution in [2.24, 2.45) is 35.5 Å². The van der Waals surface area contributed by atoms with Crippen molar-refractivity contribution in [3.63, 3.8) is 0 Å². The highest BCUT2D eigenvalue weighted by atomic mass is 15.1. The molecule has 8 saturated carbocycles. The van der Waals surface area contributed by atoms with Gasteiger partial charge in [-0.25, -0.2) is 0 Å². The minimum Gasteiger partial charge on any atom is -0.376 e. The van der Waals surface area contributed by atoms with E-state index in [0.29, 0.717) is 5.41 Å². The van der Waals surface area contributed by atoms with Crippen LogP contribution in [0.3, 0.4) is 0 Å². The van der Waals surface area contributed by atoms with Crippen LogP contribution >= 0.6 is 0 Å². The van der Waals surface area contributed by atoms with Crippen LogP contribution in [-0.2, 0) is 16.2 Å². The molecule has 0 saturated heterocycles. The fourth-order valence-electron chi connectivity index (χ4n) is 19.7. The zero-order valence-corrected chi connectivity index (χ0v) is 41.9. The van der Waals surface area contributed by atoms with Crippen LogP contribution in [0.2, 0.25) is 0 Å². The van der Waals surface area contributed by atoms with E-state index >= 15 is 0 Å². The van der Waals surface area contributed by atoms with Gasteiger partial charge in [-0.3, -0.25) is 0 Å². The topological polar surface area (TPSA) is 8.17 Å². The molecule has 3 heterocycles. The number of nitrogens with zero attached hydrogens (tertiary/aromatic N) is 2. The predicted octanol–water partition coefficient (Wildman–Crippen LogP) is 16.1. The van der Waals surface area contributed by atoms with Crippen molar-refractivity contribution < 1.29 is 0 Å². The summed E-state index contributed by atoms with van der Waals surface area (Å²) in [6.45, 7) is 4.90. The number of hydrogen-bond donors (Lipinski definition) is 0. The molecule has 0 amide bonds. The summed E-state index contributed by atoms with van der Waals surface area (Å²) in [5.41, 5.74) is 24.5. The molecule has 9 aliphatic carbocycles. The molecule has 9 aromatic rings. The lowest BCUT2D eigenvalue weighted by atomic mass is 9.42. The van der Waals surface area contributed by atoms with Crippen LogP contribution in [0.5, 0.6) is 0 Å². The van der Waals surface area contributed by atoms with Gasteiger partial charge in [-0.15, -0.1) is 0 Å². The number of anilines is 2. The van der Waals surface area contributed by atoms with Crippen LogP contribution in [-0.4, -0.2) is 11.4 Å². The molecular weight excluding hydrogens is 868 g/mol. The molecule has 11 aliphatic rings. The zero-order chi connectivity index (χ0) is 47.0. The SMILES string of the molecule is CC1(C)c2ccccc2-c2cc3c(cc21)N(c1ccc(-c2ccccc2)cc1)B1c2c(cc4ccccc4c2-3)-n2c3ccc(C45CC6CC(CC(C6)C4)C5)cc3c3cc(C45CC6CC(CC(C6)C4)C5)cc1c32. The number of rotatable bonds is 4. The normalized spacial score (nSPS) is 29.0. The van der Waals surface area contributed by atoms with Crippen LogP contribution in [0, 0.1) is 35.5 Å². The number of aromatic nitrogens is 1. The minimum atomic E-state index is -0.132. The lowest BCUT2D eigenvalue weighted by molar-refractivity contribution is -0.00526. The third-order valence-corrected chi connectivity index (χ3v) is 21.8. The molecule has 0 spiro atoms. The van der Waals surface area contributed by atoms with Crippen molar-refractivity contribution in [2.75, 3.05) is 4.81 Å². The van der Waals surface area contributed by atoms with Gasteiger partial charge in [-0.2, -0.15) is 0 Å². The maximum absolute atomic E-state index is 2.84. The van der Waals surface area contributed by atoms with Crippen molar-refractivity contribution in [2.45, 2.75) is 107 Å². The molecule has 2 nitrogen and oxygen atoms in total. The fourth-order valence-corrected chi connectivity index (χ4v) is 19.7. The zero-order valence-electron chi connectivity index (χ0n) is 41.9. The summed E-state index contributed by atoms with van der Waals surface area (Å²) in [5, 5.41) is 5.70. The fraction of sp³-hybridized carbons (Fsp3) is 0.333.